The van der Waals surface area contributed by atoms with Gasteiger partial charge in [-0.15, -0.1) is 0 Å². The summed E-state index contributed by atoms with van der Waals surface area (Å²) in [4.78, 5) is 28.5. The van der Waals surface area contributed by atoms with Gasteiger partial charge < -0.3 is 15.7 Å². The van der Waals surface area contributed by atoms with Crippen LogP contribution in [0.5, 0.6) is 0 Å². The van der Waals surface area contributed by atoms with E-state index in [0.29, 0.717) is 11.1 Å². The Kier molecular flexibility index (Phi) is 3.57. The van der Waals surface area contributed by atoms with Crippen LogP contribution in [0.25, 0.3) is 10.9 Å². The van der Waals surface area contributed by atoms with E-state index < -0.39 is 35.0 Å². The number of nitrogens with two attached hydrogens (primary N) is 1. The van der Waals surface area contributed by atoms with Gasteiger partial charge in [-0.3, -0.25) is 14.3 Å². The number of aliphatic hydroxyl groups is 1. The fraction of sp³-hybridized carbons (Fsp3) is 0.474. The highest BCUT2D eigenvalue weighted by atomic mass is 19.3. The molecular formula is C19H19F3N4O3. The monoisotopic (exact) mass is 408 g/mol. The molecule has 2 fully saturated rings. The van der Waals surface area contributed by atoms with E-state index >= 15 is 4.39 Å². The first-order chi connectivity index (χ1) is 13.6. The molecule has 0 amide bonds. The predicted molar refractivity (Wildman–Crippen MR) is 101 cm³/mol. The Bertz CT molecular complexity index is 1210. The molecule has 5 rings (SSSR count). The molecule has 10 heteroatoms. The Morgan fingerprint density at radius 2 is 2.00 bits per heavy atom. The molecule has 1 saturated carbocycles. The molecule has 1 aromatic carbocycles. The summed E-state index contributed by atoms with van der Waals surface area (Å²) in [7, 11) is 0. The van der Waals surface area contributed by atoms with E-state index in [1.165, 1.54) is 4.57 Å². The van der Waals surface area contributed by atoms with Crippen LogP contribution in [0.3, 0.4) is 0 Å². The van der Waals surface area contributed by atoms with Crippen molar-refractivity contribution in [2.45, 2.75) is 37.8 Å². The number of aliphatic hydroxyl groups excluding tert-OH is 1. The number of aromatic amines is 1. The lowest BCUT2D eigenvalue weighted by molar-refractivity contribution is -0.0737. The largest absolute Gasteiger partial charge is 0.396 e. The zero-order valence-corrected chi connectivity index (χ0v) is 15.5. The number of alkyl halides is 2. The standard InChI is InChI=1S/C19H19F3N4O3/c1-7-14-11(17(28)24-18(29)26(14)9-2-3-9)13(23)12(20)15(7)25-5-8-4-19(21,22)16(27)10(8)6-25/h4,9-10,16,27H,2-3,5-6,23H2,1H3,(H,24,28,29). The molecule has 0 radical (unpaired) electrons. The second-order valence-electron chi connectivity index (χ2n) is 8.11. The van der Waals surface area contributed by atoms with E-state index in [9.17, 15) is 23.5 Å². The number of anilines is 2. The molecule has 2 aromatic rings. The average molecular weight is 408 g/mol. The van der Waals surface area contributed by atoms with Gasteiger partial charge in [-0.1, -0.05) is 0 Å². The number of aromatic nitrogens is 2. The summed E-state index contributed by atoms with van der Waals surface area (Å²) >= 11 is 0. The number of nitrogens with zero attached hydrogens (tertiary/aromatic N) is 2. The number of hydrogen-bond acceptors (Lipinski definition) is 5. The Labute approximate surface area is 162 Å². The van der Waals surface area contributed by atoms with Crippen LogP contribution < -0.4 is 21.9 Å². The van der Waals surface area contributed by atoms with Crippen molar-refractivity contribution in [1.29, 1.82) is 0 Å². The van der Waals surface area contributed by atoms with Gasteiger partial charge in [0.05, 0.1) is 22.3 Å². The van der Waals surface area contributed by atoms with Gasteiger partial charge >= 0.3 is 5.69 Å². The molecule has 0 spiro atoms. The zero-order valence-electron chi connectivity index (χ0n) is 15.5. The van der Waals surface area contributed by atoms with Crippen molar-refractivity contribution < 1.29 is 18.3 Å². The normalized spacial score (nSPS) is 25.6. The lowest BCUT2D eigenvalue weighted by Gasteiger charge is -2.26. The summed E-state index contributed by atoms with van der Waals surface area (Å²) in [5.74, 6) is -4.95. The van der Waals surface area contributed by atoms with Crippen LogP contribution >= 0.6 is 0 Å². The van der Waals surface area contributed by atoms with Gasteiger partial charge in [0.2, 0.25) is 0 Å². The van der Waals surface area contributed by atoms with Crippen LogP contribution in [-0.4, -0.2) is 39.8 Å². The summed E-state index contributed by atoms with van der Waals surface area (Å²) in [6.07, 6.45) is 0.390. The van der Waals surface area contributed by atoms with E-state index in [0.717, 1.165) is 18.9 Å². The number of aryl methyl sites for hydroxylation is 1. The molecule has 1 aromatic heterocycles. The molecule has 3 aliphatic rings. The minimum atomic E-state index is -3.30. The van der Waals surface area contributed by atoms with Gasteiger partial charge in [0.1, 0.15) is 6.10 Å². The van der Waals surface area contributed by atoms with E-state index in [-0.39, 0.29) is 41.4 Å². The number of halogens is 3. The summed E-state index contributed by atoms with van der Waals surface area (Å²) in [6, 6.07) is -0.0977. The summed E-state index contributed by atoms with van der Waals surface area (Å²) in [5, 5.41) is 9.83. The van der Waals surface area contributed by atoms with E-state index in [4.69, 9.17) is 5.73 Å². The molecule has 7 nitrogen and oxygen atoms in total. The highest BCUT2D eigenvalue weighted by Crippen LogP contribution is 2.46. The van der Waals surface area contributed by atoms with Gasteiger partial charge in [0.15, 0.2) is 5.82 Å². The molecule has 2 unspecified atom stereocenters. The Hall–Kier alpha value is -2.75. The van der Waals surface area contributed by atoms with Crippen molar-refractivity contribution in [2.75, 3.05) is 23.7 Å². The molecule has 1 saturated heterocycles. The van der Waals surface area contributed by atoms with Gasteiger partial charge in [-0.2, -0.15) is 8.78 Å². The maximum Gasteiger partial charge on any atom is 0.329 e. The van der Waals surface area contributed by atoms with Crippen molar-refractivity contribution in [3.63, 3.8) is 0 Å². The van der Waals surface area contributed by atoms with Crippen LogP contribution in [0.15, 0.2) is 21.2 Å². The first-order valence-electron chi connectivity index (χ1n) is 9.40. The summed E-state index contributed by atoms with van der Waals surface area (Å²) < 4.78 is 44.2. The van der Waals surface area contributed by atoms with Gasteiger partial charge in [-0.25, -0.2) is 9.18 Å². The van der Waals surface area contributed by atoms with Crippen LogP contribution in [0.1, 0.15) is 24.4 Å². The first kappa shape index (κ1) is 18.3. The highest BCUT2D eigenvalue weighted by molar-refractivity contribution is 5.97. The molecule has 4 N–H and O–H groups in total. The summed E-state index contributed by atoms with van der Waals surface area (Å²) in [5.41, 5.74) is 5.27. The van der Waals surface area contributed by atoms with Gasteiger partial charge in [0.25, 0.3) is 11.5 Å². The van der Waals surface area contributed by atoms with E-state index in [2.05, 4.69) is 4.98 Å². The van der Waals surface area contributed by atoms with Crippen LogP contribution in [-0.2, 0) is 0 Å². The second-order valence-corrected chi connectivity index (χ2v) is 8.11. The third-order valence-electron chi connectivity index (χ3n) is 6.22. The third kappa shape index (κ3) is 2.41. The van der Waals surface area contributed by atoms with Crippen molar-refractivity contribution in [1.82, 2.24) is 9.55 Å². The summed E-state index contributed by atoms with van der Waals surface area (Å²) in [6.45, 7) is 1.59. The van der Waals surface area contributed by atoms with E-state index in [1.807, 2.05) is 0 Å². The van der Waals surface area contributed by atoms with Crippen LogP contribution in [0.2, 0.25) is 0 Å². The smallest absolute Gasteiger partial charge is 0.329 e. The fourth-order valence-corrected chi connectivity index (χ4v) is 4.72. The Morgan fingerprint density at radius 3 is 2.62 bits per heavy atom. The van der Waals surface area contributed by atoms with Gasteiger partial charge in [-0.05, 0) is 31.4 Å². The lowest BCUT2D eigenvalue weighted by Crippen LogP contribution is -2.36. The first-order valence-corrected chi connectivity index (χ1v) is 9.40. The average Bonchev–Trinajstić information content (AvgIpc) is 3.35. The van der Waals surface area contributed by atoms with Gasteiger partial charge in [0, 0.05) is 30.6 Å². The number of nitrogens with one attached hydrogen (secondary N) is 1. The highest BCUT2D eigenvalue weighted by Gasteiger charge is 2.52. The van der Waals surface area contributed by atoms with Crippen LogP contribution in [0, 0.1) is 18.7 Å². The quantitative estimate of drug-likeness (QED) is 0.515. The number of fused-ring (bicyclic) bond motifs is 2. The Balaban J connectivity index is 1.74. The maximum atomic E-state index is 15.3. The molecule has 1 aliphatic heterocycles. The molecule has 2 aliphatic carbocycles. The minimum Gasteiger partial charge on any atom is -0.396 e. The van der Waals surface area contributed by atoms with Crippen molar-refractivity contribution in [3.05, 3.63) is 43.9 Å². The molecule has 2 heterocycles. The topological polar surface area (TPSA) is 104 Å². The molecule has 29 heavy (non-hydrogen) atoms. The van der Waals surface area contributed by atoms with Crippen molar-refractivity contribution >= 4 is 22.3 Å². The number of rotatable bonds is 2. The van der Waals surface area contributed by atoms with Crippen molar-refractivity contribution in [3.8, 4) is 0 Å². The molecule has 154 valence electrons. The minimum absolute atomic E-state index is 0.0108. The number of H-pyrrole nitrogens is 1. The lowest BCUT2D eigenvalue weighted by atomic mass is 10.0. The number of benzene rings is 1. The van der Waals surface area contributed by atoms with E-state index in [1.54, 1.807) is 11.8 Å². The SMILES string of the molecule is Cc1c(N2CC3=CC(F)(F)C(O)C3C2)c(F)c(N)c2c(=O)[nH]c(=O)n(C3CC3)c12. The molecule has 0 bridgehead atoms. The fourth-order valence-electron chi connectivity index (χ4n) is 4.72. The Morgan fingerprint density at radius 1 is 1.31 bits per heavy atom. The predicted octanol–water partition coefficient (Wildman–Crippen LogP) is 1.43. The third-order valence-corrected chi connectivity index (χ3v) is 6.22. The maximum absolute atomic E-state index is 15.3. The molecule has 2 atom stereocenters. The number of hydrogen-bond donors (Lipinski definition) is 3. The molecular weight excluding hydrogens is 389 g/mol. The second kappa shape index (κ2) is 5.65. The zero-order chi connectivity index (χ0) is 20.8. The number of nitrogen functional groups attached to an aromatic ring is 1. The van der Waals surface area contributed by atoms with Crippen molar-refractivity contribution in [2.24, 2.45) is 5.92 Å². The van der Waals surface area contributed by atoms with Crippen LogP contribution in [0.4, 0.5) is 24.5 Å².